The van der Waals surface area contributed by atoms with Gasteiger partial charge in [-0.25, -0.2) is 8.42 Å². The molecule has 32 heavy (non-hydrogen) atoms. The lowest BCUT2D eigenvalue weighted by molar-refractivity contribution is -0.126. The number of hydrogen-bond donors (Lipinski definition) is 1. The van der Waals surface area contributed by atoms with E-state index in [1.165, 1.54) is 4.31 Å². The topological polar surface area (TPSA) is 86.8 Å². The zero-order valence-electron chi connectivity index (χ0n) is 18.7. The smallest absolute Gasteiger partial charge is 0.243 e. The summed E-state index contributed by atoms with van der Waals surface area (Å²) in [6.45, 7) is 4.57. The first-order valence-electron chi connectivity index (χ1n) is 10.9. The molecule has 0 saturated carbocycles. The summed E-state index contributed by atoms with van der Waals surface area (Å²) in [6, 6.07) is 14.5. The molecule has 0 bridgehead atoms. The van der Waals surface area contributed by atoms with Crippen LogP contribution in [0.25, 0.3) is 0 Å². The van der Waals surface area contributed by atoms with Gasteiger partial charge in [-0.15, -0.1) is 0 Å². The molecule has 170 valence electrons. The van der Waals surface area contributed by atoms with Crippen molar-refractivity contribution in [2.75, 3.05) is 25.0 Å². The summed E-state index contributed by atoms with van der Waals surface area (Å²) in [5.41, 5.74) is 1.66. The number of nitrogens with one attached hydrogen (secondary N) is 1. The molecule has 1 N–H and O–H groups in total. The predicted molar refractivity (Wildman–Crippen MR) is 123 cm³/mol. The van der Waals surface area contributed by atoms with E-state index in [2.05, 4.69) is 5.32 Å². The monoisotopic (exact) mass is 455 g/mol. The predicted octanol–water partition coefficient (Wildman–Crippen LogP) is 2.66. The first kappa shape index (κ1) is 22.5. The SMILES string of the molecule is CN1C(=O)C(C)(C)c2cc(S(=O)(=O)N3CCCC(C(=O)NCc4ccccc4)C3)ccc21. The van der Waals surface area contributed by atoms with Crippen molar-refractivity contribution in [2.45, 2.75) is 43.5 Å². The van der Waals surface area contributed by atoms with E-state index in [0.29, 0.717) is 31.5 Å². The molecule has 2 amide bonds. The number of nitrogens with zero attached hydrogens (tertiary/aromatic N) is 2. The van der Waals surface area contributed by atoms with E-state index < -0.39 is 15.4 Å². The Labute approximate surface area is 189 Å². The summed E-state index contributed by atoms with van der Waals surface area (Å²) in [6.07, 6.45) is 1.28. The number of carbonyl (C=O) groups is 2. The second-order valence-electron chi connectivity index (χ2n) is 9.07. The van der Waals surface area contributed by atoms with Crippen molar-refractivity contribution < 1.29 is 18.0 Å². The minimum Gasteiger partial charge on any atom is -0.352 e. The third kappa shape index (κ3) is 3.93. The number of rotatable bonds is 5. The zero-order valence-corrected chi connectivity index (χ0v) is 19.5. The van der Waals surface area contributed by atoms with Gasteiger partial charge in [-0.3, -0.25) is 9.59 Å². The van der Waals surface area contributed by atoms with Crippen LogP contribution in [0, 0.1) is 5.92 Å². The van der Waals surface area contributed by atoms with Crippen molar-refractivity contribution in [1.29, 1.82) is 0 Å². The van der Waals surface area contributed by atoms with Gasteiger partial charge in [-0.2, -0.15) is 4.31 Å². The Kier molecular flexibility index (Phi) is 5.85. The van der Waals surface area contributed by atoms with Gasteiger partial charge in [-0.05, 0) is 56.0 Å². The van der Waals surface area contributed by atoms with Gasteiger partial charge in [0.2, 0.25) is 21.8 Å². The lowest BCUT2D eigenvalue weighted by Crippen LogP contribution is -2.45. The molecule has 1 saturated heterocycles. The molecule has 2 aromatic carbocycles. The Morgan fingerprint density at radius 2 is 1.88 bits per heavy atom. The Morgan fingerprint density at radius 1 is 1.16 bits per heavy atom. The molecule has 0 radical (unpaired) electrons. The average molecular weight is 456 g/mol. The van der Waals surface area contributed by atoms with Gasteiger partial charge >= 0.3 is 0 Å². The van der Waals surface area contributed by atoms with E-state index in [1.807, 2.05) is 44.2 Å². The van der Waals surface area contributed by atoms with Crippen LogP contribution in [-0.2, 0) is 31.6 Å². The summed E-state index contributed by atoms with van der Waals surface area (Å²) < 4.78 is 28.2. The summed E-state index contributed by atoms with van der Waals surface area (Å²) in [5.74, 6) is -0.577. The van der Waals surface area contributed by atoms with E-state index >= 15 is 0 Å². The van der Waals surface area contributed by atoms with Crippen molar-refractivity contribution in [3.8, 4) is 0 Å². The average Bonchev–Trinajstić information content (AvgIpc) is 2.98. The molecule has 1 unspecified atom stereocenters. The molecule has 2 aliphatic rings. The number of likely N-dealkylation sites (N-methyl/N-ethyl adjacent to an activating group) is 1. The normalized spacial score (nSPS) is 20.8. The molecule has 8 heteroatoms. The van der Waals surface area contributed by atoms with Crippen molar-refractivity contribution in [3.05, 3.63) is 59.7 Å². The Morgan fingerprint density at radius 3 is 2.59 bits per heavy atom. The number of amides is 2. The third-order valence-electron chi connectivity index (χ3n) is 6.54. The van der Waals surface area contributed by atoms with Crippen molar-refractivity contribution in [1.82, 2.24) is 9.62 Å². The van der Waals surface area contributed by atoms with E-state index in [1.54, 1.807) is 30.1 Å². The Hall–Kier alpha value is -2.71. The summed E-state index contributed by atoms with van der Waals surface area (Å²) in [5, 5.41) is 2.93. The van der Waals surface area contributed by atoms with E-state index in [4.69, 9.17) is 0 Å². The quantitative estimate of drug-likeness (QED) is 0.751. The zero-order chi connectivity index (χ0) is 23.1. The van der Waals surface area contributed by atoms with Crippen LogP contribution in [0.1, 0.15) is 37.8 Å². The summed E-state index contributed by atoms with van der Waals surface area (Å²) in [4.78, 5) is 27.0. The van der Waals surface area contributed by atoms with Gasteiger partial charge in [0, 0.05) is 32.4 Å². The number of benzene rings is 2. The molecule has 0 aromatic heterocycles. The third-order valence-corrected chi connectivity index (χ3v) is 8.41. The molecule has 1 fully saturated rings. The number of anilines is 1. The van der Waals surface area contributed by atoms with Crippen LogP contribution >= 0.6 is 0 Å². The molecule has 0 aliphatic carbocycles. The van der Waals surface area contributed by atoms with Crippen molar-refractivity contribution in [2.24, 2.45) is 5.92 Å². The molecular weight excluding hydrogens is 426 g/mol. The number of fused-ring (bicyclic) bond motifs is 1. The van der Waals surface area contributed by atoms with Gasteiger partial charge in [0.05, 0.1) is 16.2 Å². The van der Waals surface area contributed by atoms with Crippen LogP contribution in [0.2, 0.25) is 0 Å². The highest BCUT2D eigenvalue weighted by Gasteiger charge is 2.43. The fraction of sp³-hybridized carbons (Fsp3) is 0.417. The fourth-order valence-electron chi connectivity index (χ4n) is 4.57. The molecule has 2 aromatic rings. The first-order chi connectivity index (χ1) is 15.1. The van der Waals surface area contributed by atoms with E-state index in [-0.39, 0.29) is 29.2 Å². The lowest BCUT2D eigenvalue weighted by atomic mass is 9.86. The summed E-state index contributed by atoms with van der Waals surface area (Å²) >= 11 is 0. The maximum Gasteiger partial charge on any atom is 0.243 e. The molecule has 2 aliphatic heterocycles. The second kappa shape index (κ2) is 8.33. The van der Waals surface area contributed by atoms with Gasteiger partial charge in [0.25, 0.3) is 0 Å². The number of sulfonamides is 1. The van der Waals surface area contributed by atoms with Gasteiger partial charge in [-0.1, -0.05) is 30.3 Å². The van der Waals surface area contributed by atoms with Crippen LogP contribution < -0.4 is 10.2 Å². The van der Waals surface area contributed by atoms with Crippen LogP contribution in [-0.4, -0.2) is 44.7 Å². The highest BCUT2D eigenvalue weighted by molar-refractivity contribution is 7.89. The molecule has 7 nitrogen and oxygen atoms in total. The molecular formula is C24H29N3O4S. The molecule has 2 heterocycles. The maximum atomic E-state index is 13.4. The van der Waals surface area contributed by atoms with E-state index in [9.17, 15) is 18.0 Å². The summed E-state index contributed by atoms with van der Waals surface area (Å²) in [7, 11) is -2.08. The van der Waals surface area contributed by atoms with Crippen molar-refractivity contribution in [3.63, 3.8) is 0 Å². The van der Waals surface area contributed by atoms with Gasteiger partial charge in [0.1, 0.15) is 0 Å². The Bertz CT molecular complexity index is 1150. The number of piperidine rings is 1. The number of hydrogen-bond acceptors (Lipinski definition) is 4. The van der Waals surface area contributed by atoms with Crippen LogP contribution in [0.3, 0.4) is 0 Å². The highest BCUT2D eigenvalue weighted by atomic mass is 32.2. The fourth-order valence-corrected chi connectivity index (χ4v) is 6.12. The van der Waals surface area contributed by atoms with Crippen LogP contribution in [0.5, 0.6) is 0 Å². The molecule has 0 spiro atoms. The minimum atomic E-state index is -3.78. The largest absolute Gasteiger partial charge is 0.352 e. The minimum absolute atomic E-state index is 0.0600. The van der Waals surface area contributed by atoms with Crippen LogP contribution in [0.4, 0.5) is 5.69 Å². The van der Waals surface area contributed by atoms with Crippen molar-refractivity contribution >= 4 is 27.5 Å². The Balaban J connectivity index is 1.50. The second-order valence-corrected chi connectivity index (χ2v) is 11.0. The molecule has 1 atom stereocenters. The highest BCUT2D eigenvalue weighted by Crippen LogP contribution is 2.42. The van der Waals surface area contributed by atoms with Crippen LogP contribution in [0.15, 0.2) is 53.4 Å². The van der Waals surface area contributed by atoms with Gasteiger partial charge in [0.15, 0.2) is 0 Å². The van der Waals surface area contributed by atoms with Gasteiger partial charge < -0.3 is 10.2 Å². The maximum absolute atomic E-state index is 13.4. The van der Waals surface area contributed by atoms with E-state index in [0.717, 1.165) is 11.3 Å². The lowest BCUT2D eigenvalue weighted by Gasteiger charge is -2.31. The number of carbonyl (C=O) groups excluding carboxylic acids is 2. The molecule has 4 rings (SSSR count). The first-order valence-corrected chi connectivity index (χ1v) is 12.3. The standard InChI is InChI=1S/C24H29N3O4S/c1-24(2)20-14-19(11-12-21(20)26(3)23(24)29)32(30,31)27-13-7-10-18(16-27)22(28)25-15-17-8-5-4-6-9-17/h4-6,8-9,11-12,14,18H,7,10,13,15-16H2,1-3H3,(H,25,28).